The Morgan fingerprint density at radius 2 is 2.41 bits per heavy atom. The van der Waals surface area contributed by atoms with Crippen LogP contribution >= 0.6 is 12.4 Å². The van der Waals surface area contributed by atoms with Gasteiger partial charge < -0.3 is 15.1 Å². The number of hydrogen-bond donors (Lipinski definition) is 2. The molecular weight excluding hydrogens is 240 g/mol. The molecule has 0 bridgehead atoms. The zero-order valence-corrected chi connectivity index (χ0v) is 10.8. The second kappa shape index (κ2) is 6.67. The van der Waals surface area contributed by atoms with Crippen LogP contribution < -0.4 is 10.6 Å². The van der Waals surface area contributed by atoms with E-state index in [9.17, 15) is 4.79 Å². The van der Waals surface area contributed by atoms with E-state index in [-0.39, 0.29) is 18.3 Å². The van der Waals surface area contributed by atoms with Crippen molar-refractivity contribution in [3.8, 4) is 0 Å². The number of aryl methyl sites for hydroxylation is 1. The van der Waals surface area contributed by atoms with E-state index in [1.807, 2.05) is 6.92 Å². The van der Waals surface area contributed by atoms with Gasteiger partial charge in [-0.15, -0.1) is 12.4 Å². The van der Waals surface area contributed by atoms with E-state index in [0.29, 0.717) is 18.3 Å². The van der Waals surface area contributed by atoms with Crippen molar-refractivity contribution in [1.29, 1.82) is 0 Å². The highest BCUT2D eigenvalue weighted by Gasteiger charge is 2.14. The van der Waals surface area contributed by atoms with Gasteiger partial charge in [0.25, 0.3) is 5.91 Å². The molecule has 2 rings (SSSR count). The molecule has 5 heteroatoms. The molecule has 1 atom stereocenters. The van der Waals surface area contributed by atoms with E-state index >= 15 is 0 Å². The summed E-state index contributed by atoms with van der Waals surface area (Å²) in [6.07, 6.45) is 3.46. The molecule has 1 saturated heterocycles. The maximum Gasteiger partial charge on any atom is 0.286 e. The van der Waals surface area contributed by atoms with Crippen LogP contribution in [0.1, 0.15) is 35.6 Å². The summed E-state index contributed by atoms with van der Waals surface area (Å²) >= 11 is 0. The summed E-state index contributed by atoms with van der Waals surface area (Å²) in [6, 6.07) is 4.07. The number of carbonyl (C=O) groups is 1. The third-order valence-electron chi connectivity index (χ3n) is 2.90. The van der Waals surface area contributed by atoms with E-state index in [4.69, 9.17) is 4.42 Å². The van der Waals surface area contributed by atoms with Crippen molar-refractivity contribution in [2.75, 3.05) is 13.1 Å². The number of halogens is 1. The number of hydrogen-bond acceptors (Lipinski definition) is 3. The molecule has 1 aromatic heterocycles. The standard InChI is InChI=1S/C12H18N2O2.ClH/c1-9-4-5-11(16-9)12(15)14-8-6-10-3-2-7-13-10;/h4-5,10,13H,2-3,6-8H2,1H3,(H,14,15);1H/t10-;/m1./s1. The van der Waals surface area contributed by atoms with Gasteiger partial charge >= 0.3 is 0 Å². The Hall–Kier alpha value is -1.00. The fraction of sp³-hybridized carbons (Fsp3) is 0.583. The first-order valence-corrected chi connectivity index (χ1v) is 5.84. The fourth-order valence-corrected chi connectivity index (χ4v) is 2.01. The van der Waals surface area contributed by atoms with Crippen LogP contribution in [-0.2, 0) is 0 Å². The molecule has 1 fully saturated rings. The SMILES string of the molecule is Cc1ccc(C(=O)NCC[C@H]2CCCN2)o1.Cl. The Morgan fingerprint density at radius 3 is 3.00 bits per heavy atom. The summed E-state index contributed by atoms with van der Waals surface area (Å²) in [5.41, 5.74) is 0. The third-order valence-corrected chi connectivity index (χ3v) is 2.90. The summed E-state index contributed by atoms with van der Waals surface area (Å²) in [5.74, 6) is 1.05. The lowest BCUT2D eigenvalue weighted by atomic mass is 10.1. The molecule has 2 heterocycles. The van der Waals surface area contributed by atoms with Crippen LogP contribution in [-0.4, -0.2) is 25.0 Å². The minimum absolute atomic E-state index is 0. The normalized spacial score (nSPS) is 18.8. The molecule has 1 amide bonds. The number of rotatable bonds is 4. The van der Waals surface area contributed by atoms with Crippen LogP contribution in [0, 0.1) is 6.92 Å². The molecular formula is C12H19ClN2O2. The summed E-state index contributed by atoms with van der Waals surface area (Å²) in [7, 11) is 0. The van der Waals surface area contributed by atoms with Gasteiger partial charge in [0.05, 0.1) is 0 Å². The lowest BCUT2D eigenvalue weighted by molar-refractivity contribution is 0.0923. The van der Waals surface area contributed by atoms with Gasteiger partial charge in [-0.05, 0) is 44.9 Å². The molecule has 1 aliphatic rings. The van der Waals surface area contributed by atoms with E-state index in [1.165, 1.54) is 12.8 Å². The van der Waals surface area contributed by atoms with Crippen LogP contribution in [0.15, 0.2) is 16.5 Å². The zero-order chi connectivity index (χ0) is 11.4. The van der Waals surface area contributed by atoms with Crippen molar-refractivity contribution in [3.05, 3.63) is 23.7 Å². The highest BCUT2D eigenvalue weighted by molar-refractivity contribution is 5.91. The monoisotopic (exact) mass is 258 g/mol. The highest BCUT2D eigenvalue weighted by Crippen LogP contribution is 2.08. The molecule has 0 saturated carbocycles. The molecule has 1 aliphatic heterocycles. The fourth-order valence-electron chi connectivity index (χ4n) is 2.01. The molecule has 0 aliphatic carbocycles. The predicted molar refractivity (Wildman–Crippen MR) is 68.7 cm³/mol. The van der Waals surface area contributed by atoms with Gasteiger partial charge in [0.2, 0.25) is 0 Å². The summed E-state index contributed by atoms with van der Waals surface area (Å²) in [5, 5.41) is 6.27. The summed E-state index contributed by atoms with van der Waals surface area (Å²) in [4.78, 5) is 11.6. The van der Waals surface area contributed by atoms with Crippen LogP contribution in [0.5, 0.6) is 0 Å². The lowest BCUT2D eigenvalue weighted by Gasteiger charge is -2.09. The number of furan rings is 1. The molecule has 0 aromatic carbocycles. The smallest absolute Gasteiger partial charge is 0.286 e. The maximum atomic E-state index is 11.6. The van der Waals surface area contributed by atoms with E-state index < -0.39 is 0 Å². The van der Waals surface area contributed by atoms with Crippen LogP contribution in [0.3, 0.4) is 0 Å². The van der Waals surface area contributed by atoms with Crippen molar-refractivity contribution in [1.82, 2.24) is 10.6 Å². The second-order valence-electron chi connectivity index (χ2n) is 4.25. The van der Waals surface area contributed by atoms with Crippen molar-refractivity contribution >= 4 is 18.3 Å². The quantitative estimate of drug-likeness (QED) is 0.867. The third kappa shape index (κ3) is 4.06. The molecule has 2 N–H and O–H groups in total. The van der Waals surface area contributed by atoms with Gasteiger partial charge in [-0.25, -0.2) is 0 Å². The molecule has 0 spiro atoms. The Balaban J connectivity index is 0.00000144. The highest BCUT2D eigenvalue weighted by atomic mass is 35.5. The van der Waals surface area contributed by atoms with Crippen molar-refractivity contribution in [2.24, 2.45) is 0 Å². The van der Waals surface area contributed by atoms with Crippen molar-refractivity contribution in [3.63, 3.8) is 0 Å². The average molecular weight is 259 g/mol. The minimum Gasteiger partial charge on any atom is -0.456 e. The van der Waals surface area contributed by atoms with Crippen molar-refractivity contribution < 1.29 is 9.21 Å². The number of carbonyl (C=O) groups excluding carboxylic acids is 1. The minimum atomic E-state index is -0.119. The Labute approximate surface area is 108 Å². The molecule has 17 heavy (non-hydrogen) atoms. The van der Waals surface area contributed by atoms with Crippen LogP contribution in [0.4, 0.5) is 0 Å². The van der Waals surface area contributed by atoms with Gasteiger partial charge in [-0.2, -0.15) is 0 Å². The second-order valence-corrected chi connectivity index (χ2v) is 4.25. The summed E-state index contributed by atoms with van der Waals surface area (Å²) < 4.78 is 5.24. The van der Waals surface area contributed by atoms with Gasteiger partial charge in [-0.3, -0.25) is 4.79 Å². The van der Waals surface area contributed by atoms with Gasteiger partial charge in [-0.1, -0.05) is 0 Å². The van der Waals surface area contributed by atoms with Gasteiger partial charge in [0.15, 0.2) is 5.76 Å². The Kier molecular flexibility index (Phi) is 5.51. The molecule has 0 unspecified atom stereocenters. The zero-order valence-electron chi connectivity index (χ0n) is 9.99. The number of nitrogens with one attached hydrogen (secondary N) is 2. The maximum absolute atomic E-state index is 11.6. The summed E-state index contributed by atoms with van der Waals surface area (Å²) in [6.45, 7) is 3.64. The molecule has 0 radical (unpaired) electrons. The predicted octanol–water partition coefficient (Wildman–Crippen LogP) is 1.88. The molecule has 1 aromatic rings. The van der Waals surface area contributed by atoms with Crippen LogP contribution in [0.2, 0.25) is 0 Å². The number of amides is 1. The first-order valence-electron chi connectivity index (χ1n) is 5.84. The Bertz CT molecular complexity index is 359. The van der Waals surface area contributed by atoms with E-state index in [1.54, 1.807) is 12.1 Å². The average Bonchev–Trinajstić information content (AvgIpc) is 2.89. The van der Waals surface area contributed by atoms with Gasteiger partial charge in [0.1, 0.15) is 5.76 Å². The van der Waals surface area contributed by atoms with Crippen molar-refractivity contribution in [2.45, 2.75) is 32.2 Å². The molecule has 4 nitrogen and oxygen atoms in total. The topological polar surface area (TPSA) is 54.3 Å². The van der Waals surface area contributed by atoms with E-state index in [0.717, 1.165) is 18.7 Å². The first kappa shape index (κ1) is 14.1. The van der Waals surface area contributed by atoms with Crippen LogP contribution in [0.25, 0.3) is 0 Å². The first-order chi connectivity index (χ1) is 7.75. The lowest BCUT2D eigenvalue weighted by Crippen LogP contribution is -2.30. The van der Waals surface area contributed by atoms with E-state index in [2.05, 4.69) is 10.6 Å². The Morgan fingerprint density at radius 1 is 1.59 bits per heavy atom. The molecule has 96 valence electrons. The van der Waals surface area contributed by atoms with Gasteiger partial charge in [0, 0.05) is 12.6 Å². The largest absolute Gasteiger partial charge is 0.456 e.